The molecule has 0 radical (unpaired) electrons. The number of rotatable bonds is 7. The summed E-state index contributed by atoms with van der Waals surface area (Å²) in [5.41, 5.74) is 0. The molecule has 1 saturated carbocycles. The minimum atomic E-state index is -0.924. The van der Waals surface area contributed by atoms with Crippen molar-refractivity contribution < 1.29 is 14.7 Å². The Hall–Kier alpha value is -1.06. The van der Waals surface area contributed by atoms with Crippen LogP contribution in [0.15, 0.2) is 0 Å². The van der Waals surface area contributed by atoms with Crippen LogP contribution in [0.25, 0.3) is 0 Å². The Morgan fingerprint density at radius 1 is 1.47 bits per heavy atom. The van der Waals surface area contributed by atoms with Crippen molar-refractivity contribution in [1.82, 2.24) is 5.32 Å². The second-order valence-corrected chi connectivity index (χ2v) is 4.25. The molecule has 0 saturated heterocycles. The first kappa shape index (κ1) is 12.0. The van der Waals surface area contributed by atoms with Crippen LogP contribution in [0.1, 0.15) is 45.4 Å². The van der Waals surface area contributed by atoms with E-state index in [1.807, 2.05) is 6.92 Å². The van der Waals surface area contributed by atoms with Crippen molar-refractivity contribution in [1.29, 1.82) is 0 Å². The van der Waals surface area contributed by atoms with E-state index in [9.17, 15) is 9.59 Å². The van der Waals surface area contributed by atoms with Gasteiger partial charge in [0.05, 0.1) is 0 Å². The molecule has 4 nitrogen and oxygen atoms in total. The maximum absolute atomic E-state index is 11.4. The van der Waals surface area contributed by atoms with E-state index in [1.54, 1.807) is 0 Å². The zero-order valence-corrected chi connectivity index (χ0v) is 9.16. The van der Waals surface area contributed by atoms with E-state index in [-0.39, 0.29) is 5.91 Å². The van der Waals surface area contributed by atoms with Gasteiger partial charge in [-0.25, -0.2) is 4.79 Å². The quantitative estimate of drug-likeness (QED) is 0.674. The van der Waals surface area contributed by atoms with Gasteiger partial charge < -0.3 is 10.4 Å². The van der Waals surface area contributed by atoms with Gasteiger partial charge in [0.15, 0.2) is 0 Å². The van der Waals surface area contributed by atoms with Crippen LogP contribution < -0.4 is 5.32 Å². The van der Waals surface area contributed by atoms with Gasteiger partial charge in [-0.15, -0.1) is 0 Å². The van der Waals surface area contributed by atoms with Gasteiger partial charge >= 0.3 is 5.97 Å². The summed E-state index contributed by atoms with van der Waals surface area (Å²) in [7, 11) is 0. The highest BCUT2D eigenvalue weighted by atomic mass is 16.4. The Morgan fingerprint density at radius 2 is 2.13 bits per heavy atom. The van der Waals surface area contributed by atoms with Crippen molar-refractivity contribution in [2.75, 3.05) is 0 Å². The zero-order valence-electron chi connectivity index (χ0n) is 9.16. The van der Waals surface area contributed by atoms with Gasteiger partial charge in [0.25, 0.3) is 0 Å². The number of nitrogens with one attached hydrogen (secondary N) is 1. The van der Waals surface area contributed by atoms with Crippen LogP contribution in [0.4, 0.5) is 0 Å². The summed E-state index contributed by atoms with van der Waals surface area (Å²) < 4.78 is 0. The maximum atomic E-state index is 11.4. The summed E-state index contributed by atoms with van der Waals surface area (Å²) in [6.45, 7) is 2.00. The lowest BCUT2D eigenvalue weighted by molar-refractivity contribution is -0.142. The lowest BCUT2D eigenvalue weighted by Crippen LogP contribution is -2.40. The molecular formula is C11H19NO3. The number of carbonyl (C=O) groups is 2. The normalized spacial score (nSPS) is 17.1. The molecule has 86 valence electrons. The predicted molar refractivity (Wildman–Crippen MR) is 56.4 cm³/mol. The van der Waals surface area contributed by atoms with E-state index in [4.69, 9.17) is 5.11 Å². The minimum absolute atomic E-state index is 0.110. The number of hydrogen-bond acceptors (Lipinski definition) is 2. The van der Waals surface area contributed by atoms with Gasteiger partial charge in [-0.1, -0.05) is 19.8 Å². The Morgan fingerprint density at radius 3 is 2.60 bits per heavy atom. The fraction of sp³-hybridized carbons (Fsp3) is 0.818. The van der Waals surface area contributed by atoms with Crippen LogP contribution in [0.3, 0.4) is 0 Å². The van der Waals surface area contributed by atoms with Gasteiger partial charge in [0, 0.05) is 6.42 Å². The smallest absolute Gasteiger partial charge is 0.326 e. The second-order valence-electron chi connectivity index (χ2n) is 4.25. The van der Waals surface area contributed by atoms with Crippen LogP contribution >= 0.6 is 0 Å². The molecule has 1 atom stereocenters. The first-order chi connectivity index (χ1) is 7.13. The van der Waals surface area contributed by atoms with Crippen LogP contribution in [0, 0.1) is 5.92 Å². The van der Waals surface area contributed by atoms with Crippen LogP contribution in [0.2, 0.25) is 0 Å². The van der Waals surface area contributed by atoms with Crippen molar-refractivity contribution >= 4 is 11.9 Å². The zero-order chi connectivity index (χ0) is 11.3. The molecule has 2 N–H and O–H groups in total. The number of unbranched alkanes of at least 4 members (excludes halogenated alkanes) is 1. The van der Waals surface area contributed by atoms with E-state index in [1.165, 1.54) is 0 Å². The highest BCUT2D eigenvalue weighted by Gasteiger charge is 2.26. The fourth-order valence-electron chi connectivity index (χ4n) is 1.50. The Kier molecular flexibility index (Phi) is 4.59. The number of carbonyl (C=O) groups excluding carboxylic acids is 1. The molecule has 1 fully saturated rings. The molecule has 1 aliphatic carbocycles. The van der Waals surface area contributed by atoms with Crippen molar-refractivity contribution in [3.05, 3.63) is 0 Å². The van der Waals surface area contributed by atoms with E-state index >= 15 is 0 Å². The summed E-state index contributed by atoms with van der Waals surface area (Å²) in [5.74, 6) is -0.528. The molecule has 15 heavy (non-hydrogen) atoms. The SMILES string of the molecule is CCCCC(NC(=O)CC1CC1)C(=O)O. The van der Waals surface area contributed by atoms with Gasteiger partial charge in [-0.2, -0.15) is 0 Å². The van der Waals surface area contributed by atoms with Gasteiger partial charge in [-0.3, -0.25) is 4.79 Å². The highest BCUT2D eigenvalue weighted by Crippen LogP contribution is 2.32. The third-order valence-electron chi connectivity index (χ3n) is 2.65. The van der Waals surface area contributed by atoms with Crippen LogP contribution in [0.5, 0.6) is 0 Å². The molecule has 1 aliphatic rings. The molecule has 0 aromatic rings. The van der Waals surface area contributed by atoms with Crippen LogP contribution in [-0.4, -0.2) is 23.0 Å². The van der Waals surface area contributed by atoms with Crippen molar-refractivity contribution in [2.24, 2.45) is 5.92 Å². The first-order valence-corrected chi connectivity index (χ1v) is 5.65. The summed E-state index contributed by atoms with van der Waals surface area (Å²) in [6, 6.07) is -0.698. The molecule has 0 bridgehead atoms. The summed E-state index contributed by atoms with van der Waals surface area (Å²) in [6.07, 6.45) is 5.03. The van der Waals surface area contributed by atoms with Crippen molar-refractivity contribution in [2.45, 2.75) is 51.5 Å². The van der Waals surface area contributed by atoms with E-state index < -0.39 is 12.0 Å². The molecule has 1 rings (SSSR count). The lowest BCUT2D eigenvalue weighted by atomic mass is 10.1. The van der Waals surface area contributed by atoms with Gasteiger partial charge in [0.1, 0.15) is 6.04 Å². The molecule has 0 spiro atoms. The topological polar surface area (TPSA) is 66.4 Å². The standard InChI is InChI=1S/C11H19NO3/c1-2-3-4-9(11(14)15)12-10(13)7-8-5-6-8/h8-9H,2-7H2,1H3,(H,12,13)(H,14,15). The third-order valence-corrected chi connectivity index (χ3v) is 2.65. The number of aliphatic carboxylic acids is 1. The minimum Gasteiger partial charge on any atom is -0.480 e. The van der Waals surface area contributed by atoms with E-state index in [0.717, 1.165) is 25.7 Å². The van der Waals surface area contributed by atoms with Gasteiger partial charge in [-0.05, 0) is 25.2 Å². The Labute approximate surface area is 90.0 Å². The lowest BCUT2D eigenvalue weighted by Gasteiger charge is -2.13. The predicted octanol–water partition coefficient (Wildman–Crippen LogP) is 1.55. The largest absolute Gasteiger partial charge is 0.480 e. The number of carboxylic acid groups (broad SMARTS) is 1. The van der Waals surface area contributed by atoms with Gasteiger partial charge in [0.2, 0.25) is 5.91 Å². The maximum Gasteiger partial charge on any atom is 0.326 e. The molecule has 1 unspecified atom stereocenters. The molecular weight excluding hydrogens is 194 g/mol. The first-order valence-electron chi connectivity index (χ1n) is 5.65. The third kappa shape index (κ3) is 4.81. The number of hydrogen-bond donors (Lipinski definition) is 2. The van der Waals surface area contributed by atoms with E-state index in [0.29, 0.717) is 18.8 Å². The monoisotopic (exact) mass is 213 g/mol. The summed E-state index contributed by atoms with van der Waals surface area (Å²) >= 11 is 0. The average Bonchev–Trinajstić information content (AvgIpc) is 2.95. The number of amides is 1. The number of carboxylic acids is 1. The average molecular weight is 213 g/mol. The van der Waals surface area contributed by atoms with E-state index in [2.05, 4.69) is 5.32 Å². The second kappa shape index (κ2) is 5.73. The summed E-state index contributed by atoms with van der Waals surface area (Å²) in [4.78, 5) is 22.2. The molecule has 0 aliphatic heterocycles. The van der Waals surface area contributed by atoms with Crippen LogP contribution in [-0.2, 0) is 9.59 Å². The fourth-order valence-corrected chi connectivity index (χ4v) is 1.50. The highest BCUT2D eigenvalue weighted by molar-refractivity contribution is 5.83. The summed E-state index contributed by atoms with van der Waals surface area (Å²) in [5, 5.41) is 11.5. The van der Waals surface area contributed by atoms with Crippen molar-refractivity contribution in [3.8, 4) is 0 Å². The molecule has 1 amide bonds. The Bertz CT molecular complexity index is 236. The molecule has 0 aromatic carbocycles. The van der Waals surface area contributed by atoms with Crippen molar-refractivity contribution in [3.63, 3.8) is 0 Å². The Balaban J connectivity index is 2.28. The molecule has 4 heteroatoms. The molecule has 0 aromatic heterocycles. The molecule has 0 heterocycles.